The highest BCUT2D eigenvalue weighted by Crippen LogP contribution is 2.54. The van der Waals surface area contributed by atoms with Crippen LogP contribution < -0.4 is 16.4 Å². The van der Waals surface area contributed by atoms with E-state index in [1.54, 1.807) is 24.5 Å². The smallest absolute Gasteiger partial charge is 0.230 e. The molecule has 6 unspecified atom stereocenters. The quantitative estimate of drug-likeness (QED) is 0.533. The fourth-order valence-electron chi connectivity index (χ4n) is 7.25. The summed E-state index contributed by atoms with van der Waals surface area (Å²) in [6.45, 7) is 4.77. The highest BCUT2D eigenvalue weighted by atomic mass is 19.1. The average Bonchev–Trinajstić information content (AvgIpc) is 3.65. The van der Waals surface area contributed by atoms with Gasteiger partial charge in [-0.05, 0) is 92.0 Å². The van der Waals surface area contributed by atoms with Crippen LogP contribution in [0, 0.1) is 34.9 Å². The Labute approximate surface area is 212 Å². The van der Waals surface area contributed by atoms with E-state index in [4.69, 9.17) is 5.73 Å². The third-order valence-corrected chi connectivity index (χ3v) is 9.06. The van der Waals surface area contributed by atoms with Crippen LogP contribution in [0.1, 0.15) is 57.9 Å². The Kier molecular flexibility index (Phi) is 6.62. The van der Waals surface area contributed by atoms with E-state index in [1.165, 1.54) is 12.1 Å². The molecule has 0 saturated heterocycles. The first-order chi connectivity index (χ1) is 17.2. The summed E-state index contributed by atoms with van der Waals surface area (Å²) < 4.78 is 13.4. The number of hydrogen-bond donors (Lipinski definition) is 3. The molecule has 7 heteroatoms. The maximum atomic E-state index is 13.4. The molecule has 3 saturated carbocycles. The van der Waals surface area contributed by atoms with Crippen LogP contribution >= 0.6 is 0 Å². The number of fused-ring (bicyclic) bond motifs is 2. The third kappa shape index (κ3) is 4.77. The second-order valence-corrected chi connectivity index (χ2v) is 11.8. The van der Waals surface area contributed by atoms with Gasteiger partial charge in [0, 0.05) is 36.1 Å². The molecule has 0 aliphatic heterocycles. The lowest BCUT2D eigenvalue weighted by molar-refractivity contribution is -0.131. The molecule has 4 N–H and O–H groups in total. The van der Waals surface area contributed by atoms with Crippen molar-refractivity contribution in [3.05, 3.63) is 60.2 Å². The number of benzene rings is 1. The maximum Gasteiger partial charge on any atom is 0.230 e. The van der Waals surface area contributed by atoms with Gasteiger partial charge in [0.25, 0.3) is 0 Å². The number of halogens is 1. The van der Waals surface area contributed by atoms with Crippen LogP contribution in [0.25, 0.3) is 0 Å². The lowest BCUT2D eigenvalue weighted by Crippen LogP contribution is -2.54. The number of carbonyl (C=O) groups is 2. The molecular weight excluding hydrogens is 455 g/mol. The van der Waals surface area contributed by atoms with Crippen molar-refractivity contribution in [2.24, 2.45) is 34.8 Å². The Morgan fingerprint density at radius 2 is 1.78 bits per heavy atom. The van der Waals surface area contributed by atoms with E-state index in [-0.39, 0.29) is 29.6 Å². The van der Waals surface area contributed by atoms with Crippen molar-refractivity contribution in [3.63, 3.8) is 0 Å². The number of nitrogens with one attached hydrogen (secondary N) is 2. The van der Waals surface area contributed by atoms with Crippen LogP contribution in [0.5, 0.6) is 0 Å². The summed E-state index contributed by atoms with van der Waals surface area (Å²) in [6.07, 6.45) is 8.75. The van der Waals surface area contributed by atoms with Crippen molar-refractivity contribution in [2.75, 3.05) is 11.9 Å². The predicted molar refractivity (Wildman–Crippen MR) is 137 cm³/mol. The van der Waals surface area contributed by atoms with E-state index in [0.717, 1.165) is 49.8 Å². The Bertz CT molecular complexity index is 1100. The molecule has 0 radical (unpaired) electrons. The molecule has 2 amide bonds. The summed E-state index contributed by atoms with van der Waals surface area (Å²) >= 11 is 0. The molecule has 2 aromatic rings. The van der Waals surface area contributed by atoms with Gasteiger partial charge >= 0.3 is 0 Å². The summed E-state index contributed by atoms with van der Waals surface area (Å²) in [5.41, 5.74) is 7.40. The van der Waals surface area contributed by atoms with E-state index in [0.29, 0.717) is 24.3 Å². The zero-order valence-corrected chi connectivity index (χ0v) is 21.2. The molecule has 36 heavy (non-hydrogen) atoms. The lowest BCUT2D eigenvalue weighted by Gasteiger charge is -2.51. The standard InChI is InChI=1S/C29H37FN4O2/c1-18-13-19-14-20(16-28(2,15-19)26(35)34-23-7-11-32-12-8-23)25(18)24(31)17-33-27(36)29(9-10-29)21-3-5-22(30)6-4-21/h3-8,11-12,18-20,24-25H,9-10,13-17,31H2,1-2H3,(H,33,36)(H,32,34,35). The van der Waals surface area contributed by atoms with Crippen LogP contribution in [0.4, 0.5) is 10.1 Å². The van der Waals surface area contributed by atoms with E-state index in [2.05, 4.69) is 29.5 Å². The van der Waals surface area contributed by atoms with Gasteiger partial charge in [-0.2, -0.15) is 0 Å². The highest BCUT2D eigenvalue weighted by molar-refractivity contribution is 5.95. The topological polar surface area (TPSA) is 97.1 Å². The fraction of sp³-hybridized carbons (Fsp3) is 0.552. The van der Waals surface area contributed by atoms with Crippen molar-refractivity contribution in [1.29, 1.82) is 0 Å². The minimum absolute atomic E-state index is 0.0175. The minimum atomic E-state index is -0.550. The maximum absolute atomic E-state index is 13.4. The van der Waals surface area contributed by atoms with Crippen LogP contribution in [-0.2, 0) is 15.0 Å². The lowest BCUT2D eigenvalue weighted by atomic mass is 9.54. The molecule has 5 rings (SSSR count). The Hall–Kier alpha value is -2.80. The number of anilines is 1. The van der Waals surface area contributed by atoms with Gasteiger partial charge < -0.3 is 16.4 Å². The average molecular weight is 493 g/mol. The number of aromatic nitrogens is 1. The first-order valence-corrected chi connectivity index (χ1v) is 13.2. The van der Waals surface area contributed by atoms with Crippen LogP contribution in [0.2, 0.25) is 0 Å². The molecule has 1 heterocycles. The molecule has 0 spiro atoms. The van der Waals surface area contributed by atoms with E-state index in [1.807, 2.05) is 12.1 Å². The van der Waals surface area contributed by atoms with E-state index < -0.39 is 10.8 Å². The monoisotopic (exact) mass is 492 g/mol. The van der Waals surface area contributed by atoms with Crippen molar-refractivity contribution in [1.82, 2.24) is 10.3 Å². The van der Waals surface area contributed by atoms with Gasteiger partial charge in [-0.3, -0.25) is 14.6 Å². The van der Waals surface area contributed by atoms with Gasteiger partial charge in [0.2, 0.25) is 11.8 Å². The summed E-state index contributed by atoms with van der Waals surface area (Å²) in [4.78, 5) is 30.5. The van der Waals surface area contributed by atoms with Gasteiger partial charge in [-0.15, -0.1) is 0 Å². The summed E-state index contributed by atoms with van der Waals surface area (Å²) in [5.74, 6) is 1.30. The van der Waals surface area contributed by atoms with Crippen LogP contribution in [0.3, 0.4) is 0 Å². The zero-order valence-electron chi connectivity index (χ0n) is 21.2. The van der Waals surface area contributed by atoms with Crippen LogP contribution in [0.15, 0.2) is 48.8 Å². The largest absolute Gasteiger partial charge is 0.354 e. The van der Waals surface area contributed by atoms with Gasteiger partial charge in [0.1, 0.15) is 5.82 Å². The first kappa shape index (κ1) is 24.9. The minimum Gasteiger partial charge on any atom is -0.354 e. The highest BCUT2D eigenvalue weighted by Gasteiger charge is 2.52. The van der Waals surface area contributed by atoms with Gasteiger partial charge in [-0.25, -0.2) is 4.39 Å². The molecule has 3 aliphatic carbocycles. The molecule has 1 aromatic heterocycles. The number of carbonyl (C=O) groups excluding carboxylic acids is 2. The number of hydrogen-bond acceptors (Lipinski definition) is 4. The number of amides is 2. The van der Waals surface area contributed by atoms with Crippen molar-refractivity contribution in [2.45, 2.75) is 63.8 Å². The molecule has 1 aromatic carbocycles. The molecule has 3 fully saturated rings. The summed E-state index contributed by atoms with van der Waals surface area (Å²) in [7, 11) is 0. The Morgan fingerprint density at radius 1 is 1.08 bits per heavy atom. The molecule has 2 bridgehead atoms. The summed E-state index contributed by atoms with van der Waals surface area (Å²) in [5, 5.41) is 6.21. The van der Waals surface area contributed by atoms with Gasteiger partial charge in [0.05, 0.1) is 5.41 Å². The van der Waals surface area contributed by atoms with Gasteiger partial charge in [0.15, 0.2) is 0 Å². The fourth-order valence-corrected chi connectivity index (χ4v) is 7.25. The molecule has 6 atom stereocenters. The zero-order chi connectivity index (χ0) is 25.5. The molecule has 3 aliphatic rings. The van der Waals surface area contributed by atoms with E-state index >= 15 is 0 Å². The third-order valence-electron chi connectivity index (χ3n) is 9.06. The SMILES string of the molecule is CC1CC2CC(CC(C)(C(=O)Nc3ccncc3)C2)C1C(N)CNC(=O)C1(c2ccc(F)cc2)CC1. The normalized spacial score (nSPS) is 31.2. The van der Waals surface area contributed by atoms with E-state index in [9.17, 15) is 14.0 Å². The van der Waals surface area contributed by atoms with Crippen molar-refractivity contribution < 1.29 is 14.0 Å². The Balaban J connectivity index is 1.23. The molecule has 6 nitrogen and oxygen atoms in total. The first-order valence-electron chi connectivity index (χ1n) is 13.2. The molecule has 192 valence electrons. The number of nitrogens with two attached hydrogens (primary N) is 1. The van der Waals surface area contributed by atoms with Crippen LogP contribution in [-0.4, -0.2) is 29.4 Å². The van der Waals surface area contributed by atoms with Crippen molar-refractivity contribution in [3.8, 4) is 0 Å². The second-order valence-electron chi connectivity index (χ2n) is 11.8. The number of nitrogens with zero attached hydrogens (tertiary/aromatic N) is 1. The number of pyridine rings is 1. The van der Waals surface area contributed by atoms with Gasteiger partial charge in [-0.1, -0.05) is 26.0 Å². The number of rotatable bonds is 7. The predicted octanol–water partition coefficient (Wildman–Crippen LogP) is 4.41. The molecular formula is C29H37FN4O2. The summed E-state index contributed by atoms with van der Waals surface area (Å²) in [6, 6.07) is 9.71. The second kappa shape index (κ2) is 9.58. The van der Waals surface area contributed by atoms with Crippen molar-refractivity contribution >= 4 is 17.5 Å². The Morgan fingerprint density at radius 3 is 2.44 bits per heavy atom.